The van der Waals surface area contributed by atoms with Crippen molar-refractivity contribution in [2.75, 3.05) is 13.2 Å². The first-order valence-electron chi connectivity index (χ1n) is 7.34. The van der Waals surface area contributed by atoms with Crippen molar-refractivity contribution in [2.45, 2.75) is 17.8 Å². The number of hydrogen-bond donors (Lipinski definition) is 1. The molecule has 0 aliphatic carbocycles. The van der Waals surface area contributed by atoms with Crippen LogP contribution in [-0.4, -0.2) is 37.3 Å². The van der Waals surface area contributed by atoms with Gasteiger partial charge in [-0.25, -0.2) is 8.42 Å². The molecule has 2 rings (SSSR count). The molecule has 5 nitrogen and oxygen atoms in total. The SMILES string of the molecule is O=S(=O)(c1ccc(Br)cc1OC(F)(F)F)N(CCO)Cc1ccccc1. The third-order valence-corrected chi connectivity index (χ3v) is 5.68. The monoisotopic (exact) mass is 453 g/mol. The Labute approximate surface area is 157 Å². The molecular weight excluding hydrogens is 439 g/mol. The third kappa shape index (κ3) is 5.44. The van der Waals surface area contributed by atoms with E-state index in [2.05, 4.69) is 20.7 Å². The molecule has 0 heterocycles. The second-order valence-electron chi connectivity index (χ2n) is 5.19. The summed E-state index contributed by atoms with van der Waals surface area (Å²) in [5.41, 5.74) is 0.625. The fraction of sp³-hybridized carbons (Fsp3) is 0.250. The van der Waals surface area contributed by atoms with Gasteiger partial charge in [0.2, 0.25) is 10.0 Å². The molecule has 0 spiro atoms. The van der Waals surface area contributed by atoms with Gasteiger partial charge in [-0.2, -0.15) is 4.31 Å². The predicted octanol–water partition coefficient (Wildman–Crippen LogP) is 3.53. The molecule has 0 fully saturated rings. The maximum atomic E-state index is 12.9. The lowest BCUT2D eigenvalue weighted by Crippen LogP contribution is -2.33. The van der Waals surface area contributed by atoms with Crippen LogP contribution in [0.3, 0.4) is 0 Å². The summed E-state index contributed by atoms with van der Waals surface area (Å²) >= 11 is 3.00. The fourth-order valence-corrected chi connectivity index (χ4v) is 4.08. The molecule has 0 saturated carbocycles. The molecule has 0 aliphatic rings. The van der Waals surface area contributed by atoms with Gasteiger partial charge in [-0.05, 0) is 23.8 Å². The summed E-state index contributed by atoms with van der Waals surface area (Å²) in [5.74, 6) is -0.845. The Bertz CT molecular complexity index is 844. The van der Waals surface area contributed by atoms with E-state index in [1.165, 1.54) is 6.07 Å². The number of benzene rings is 2. The first kappa shape index (κ1) is 20.7. The van der Waals surface area contributed by atoms with Crippen LogP contribution in [-0.2, 0) is 16.6 Å². The van der Waals surface area contributed by atoms with Gasteiger partial charge in [0.25, 0.3) is 0 Å². The average molecular weight is 454 g/mol. The van der Waals surface area contributed by atoms with Crippen LogP contribution >= 0.6 is 15.9 Å². The van der Waals surface area contributed by atoms with Crippen molar-refractivity contribution in [1.29, 1.82) is 0 Å². The Morgan fingerprint density at radius 2 is 1.77 bits per heavy atom. The zero-order valence-electron chi connectivity index (χ0n) is 13.3. The number of rotatable bonds is 7. The summed E-state index contributed by atoms with van der Waals surface area (Å²) in [6, 6.07) is 11.8. The number of sulfonamides is 1. The number of alkyl halides is 3. The first-order valence-corrected chi connectivity index (χ1v) is 9.57. The smallest absolute Gasteiger partial charge is 0.404 e. The van der Waals surface area contributed by atoms with Crippen LogP contribution in [0.2, 0.25) is 0 Å². The molecule has 0 saturated heterocycles. The number of halogens is 4. The van der Waals surface area contributed by atoms with E-state index in [9.17, 15) is 26.7 Å². The Morgan fingerprint density at radius 3 is 2.35 bits per heavy atom. The van der Waals surface area contributed by atoms with Crippen LogP contribution in [0.25, 0.3) is 0 Å². The van der Waals surface area contributed by atoms with E-state index < -0.39 is 33.6 Å². The molecular formula is C16H15BrF3NO4S. The summed E-state index contributed by atoms with van der Waals surface area (Å²) < 4.78 is 68.8. The van der Waals surface area contributed by atoms with E-state index in [-0.39, 0.29) is 17.6 Å². The highest BCUT2D eigenvalue weighted by Crippen LogP contribution is 2.34. The molecule has 0 amide bonds. The molecule has 0 radical (unpaired) electrons. The zero-order valence-corrected chi connectivity index (χ0v) is 15.7. The predicted molar refractivity (Wildman–Crippen MR) is 91.9 cm³/mol. The van der Waals surface area contributed by atoms with Gasteiger partial charge in [0.05, 0.1) is 6.61 Å². The highest BCUT2D eigenvalue weighted by molar-refractivity contribution is 9.10. The van der Waals surface area contributed by atoms with E-state index in [1.807, 2.05) is 0 Å². The van der Waals surface area contributed by atoms with Crippen LogP contribution in [0.4, 0.5) is 13.2 Å². The maximum absolute atomic E-state index is 12.9. The molecule has 0 aromatic heterocycles. The molecule has 142 valence electrons. The molecule has 10 heteroatoms. The van der Waals surface area contributed by atoms with Crippen LogP contribution in [0.5, 0.6) is 5.75 Å². The minimum Gasteiger partial charge on any atom is -0.404 e. The summed E-state index contributed by atoms with van der Waals surface area (Å²) in [7, 11) is -4.35. The lowest BCUT2D eigenvalue weighted by atomic mass is 10.2. The Hall–Kier alpha value is -1.62. The molecule has 26 heavy (non-hydrogen) atoms. The summed E-state index contributed by atoms with van der Waals surface area (Å²) in [6.45, 7) is -0.873. The molecule has 2 aromatic carbocycles. The minimum atomic E-state index is -5.05. The molecule has 0 unspecified atom stereocenters. The number of nitrogens with zero attached hydrogens (tertiary/aromatic N) is 1. The first-order chi connectivity index (χ1) is 12.1. The number of aliphatic hydroxyl groups is 1. The highest BCUT2D eigenvalue weighted by Gasteiger charge is 2.35. The summed E-state index contributed by atoms with van der Waals surface area (Å²) in [5, 5.41) is 9.20. The van der Waals surface area contributed by atoms with E-state index in [1.54, 1.807) is 30.3 Å². The minimum absolute atomic E-state index is 0.106. The topological polar surface area (TPSA) is 66.8 Å². The van der Waals surface area contributed by atoms with Crippen molar-refractivity contribution in [1.82, 2.24) is 4.31 Å². The van der Waals surface area contributed by atoms with Crippen LogP contribution in [0, 0.1) is 0 Å². The van der Waals surface area contributed by atoms with E-state index in [4.69, 9.17) is 0 Å². The Balaban J connectivity index is 2.45. The van der Waals surface area contributed by atoms with Crippen molar-refractivity contribution in [2.24, 2.45) is 0 Å². The van der Waals surface area contributed by atoms with Crippen molar-refractivity contribution >= 4 is 26.0 Å². The summed E-state index contributed by atoms with van der Waals surface area (Å²) in [6.07, 6.45) is -5.05. The van der Waals surface area contributed by atoms with Crippen LogP contribution in [0.15, 0.2) is 57.9 Å². The summed E-state index contributed by atoms with van der Waals surface area (Å²) in [4.78, 5) is -0.637. The molecule has 0 aliphatic heterocycles. The number of ether oxygens (including phenoxy) is 1. The van der Waals surface area contributed by atoms with Gasteiger partial charge in [-0.15, -0.1) is 13.2 Å². The second kappa shape index (κ2) is 8.38. The third-order valence-electron chi connectivity index (χ3n) is 3.30. The quantitative estimate of drug-likeness (QED) is 0.696. The van der Waals surface area contributed by atoms with Gasteiger partial charge in [-0.1, -0.05) is 46.3 Å². The van der Waals surface area contributed by atoms with Gasteiger partial charge >= 0.3 is 6.36 Å². The Kier molecular flexibility index (Phi) is 6.67. The van der Waals surface area contributed by atoms with E-state index >= 15 is 0 Å². The van der Waals surface area contributed by atoms with Gasteiger partial charge in [0.15, 0.2) is 5.75 Å². The van der Waals surface area contributed by atoms with Gasteiger partial charge in [-0.3, -0.25) is 0 Å². The van der Waals surface area contributed by atoms with Crippen molar-refractivity contribution in [3.05, 3.63) is 58.6 Å². The largest absolute Gasteiger partial charge is 0.573 e. The fourth-order valence-electron chi connectivity index (χ4n) is 2.22. The lowest BCUT2D eigenvalue weighted by Gasteiger charge is -2.23. The molecule has 1 N–H and O–H groups in total. The second-order valence-corrected chi connectivity index (χ2v) is 8.01. The molecule has 2 aromatic rings. The van der Waals surface area contributed by atoms with Crippen molar-refractivity contribution in [3.63, 3.8) is 0 Å². The van der Waals surface area contributed by atoms with Crippen LogP contribution in [0.1, 0.15) is 5.56 Å². The maximum Gasteiger partial charge on any atom is 0.573 e. The Morgan fingerprint density at radius 1 is 1.12 bits per heavy atom. The molecule has 0 bridgehead atoms. The normalized spacial score (nSPS) is 12.4. The highest BCUT2D eigenvalue weighted by atomic mass is 79.9. The van der Waals surface area contributed by atoms with Gasteiger partial charge in [0, 0.05) is 17.6 Å². The van der Waals surface area contributed by atoms with Gasteiger partial charge < -0.3 is 9.84 Å². The lowest BCUT2D eigenvalue weighted by molar-refractivity contribution is -0.275. The average Bonchev–Trinajstić information content (AvgIpc) is 2.53. The van der Waals surface area contributed by atoms with Crippen molar-refractivity contribution in [3.8, 4) is 5.75 Å². The zero-order chi connectivity index (χ0) is 19.4. The van der Waals surface area contributed by atoms with E-state index in [0.717, 1.165) is 16.4 Å². The van der Waals surface area contributed by atoms with E-state index in [0.29, 0.717) is 5.56 Å². The van der Waals surface area contributed by atoms with Crippen molar-refractivity contribution < 1.29 is 31.4 Å². The standard InChI is InChI=1S/C16H15BrF3NO4S/c17-13-6-7-15(14(10-13)25-16(18,19)20)26(23,24)21(8-9-22)11-12-4-2-1-3-5-12/h1-7,10,22H,8-9,11H2. The number of aliphatic hydroxyl groups excluding tert-OH is 1. The molecule has 0 atom stereocenters. The van der Waals surface area contributed by atoms with Crippen LogP contribution < -0.4 is 4.74 Å². The van der Waals surface area contributed by atoms with Gasteiger partial charge in [0.1, 0.15) is 4.90 Å². The number of hydrogen-bond acceptors (Lipinski definition) is 4.